The summed E-state index contributed by atoms with van der Waals surface area (Å²) in [5.41, 5.74) is 0. The fourth-order valence-electron chi connectivity index (χ4n) is 2.36. The molecule has 0 bridgehead atoms. The van der Waals surface area contributed by atoms with Crippen LogP contribution in [0.2, 0.25) is 0 Å². The average molecular weight is 265 g/mol. The normalized spacial score (nSPS) is 29.6. The first kappa shape index (κ1) is 14.1. The number of amides is 1. The molecule has 0 aromatic carbocycles. The minimum atomic E-state index is 0. The number of carbonyl (C=O) groups excluding carboxylic acids is 1. The van der Waals surface area contributed by atoms with Crippen LogP contribution in [0.4, 0.5) is 0 Å². The Morgan fingerprint density at radius 3 is 2.81 bits per heavy atom. The third-order valence-corrected chi connectivity index (χ3v) is 4.59. The maximum atomic E-state index is 12.2. The van der Waals surface area contributed by atoms with Crippen LogP contribution in [0.3, 0.4) is 0 Å². The zero-order chi connectivity index (χ0) is 10.7. The molecular weight excluding hydrogens is 244 g/mol. The highest BCUT2D eigenvalue weighted by Crippen LogP contribution is 2.23. The summed E-state index contributed by atoms with van der Waals surface area (Å²) in [5, 5.41) is 3.31. The van der Waals surface area contributed by atoms with E-state index in [1.54, 1.807) is 0 Å². The van der Waals surface area contributed by atoms with E-state index < -0.39 is 0 Å². The molecule has 0 aliphatic carbocycles. The van der Waals surface area contributed by atoms with Crippen LogP contribution in [0.15, 0.2) is 0 Å². The first-order valence-corrected chi connectivity index (χ1v) is 6.99. The summed E-state index contributed by atoms with van der Waals surface area (Å²) in [4.78, 5) is 14.2. The topological polar surface area (TPSA) is 32.3 Å². The van der Waals surface area contributed by atoms with Gasteiger partial charge < -0.3 is 10.2 Å². The molecule has 2 rings (SSSR count). The lowest BCUT2D eigenvalue weighted by Crippen LogP contribution is -2.45. The second-order valence-electron chi connectivity index (χ2n) is 4.51. The Balaban J connectivity index is 0.00000128. The Bertz CT molecular complexity index is 228. The van der Waals surface area contributed by atoms with Crippen LogP contribution in [-0.4, -0.2) is 48.5 Å². The van der Waals surface area contributed by atoms with Gasteiger partial charge in [0.05, 0.1) is 5.92 Å². The summed E-state index contributed by atoms with van der Waals surface area (Å²) < 4.78 is 0. The number of carbonyl (C=O) groups is 1. The third kappa shape index (κ3) is 3.28. The highest BCUT2D eigenvalue weighted by Gasteiger charge is 2.29. The Hall–Kier alpha value is 0.0700. The summed E-state index contributed by atoms with van der Waals surface area (Å²) in [7, 11) is 1.98. The maximum absolute atomic E-state index is 12.2. The SMILES string of the molecule is CN(C(=O)[C@@H]1CCCNC1)C1CCSC1.Cl. The number of nitrogens with zero attached hydrogens (tertiary/aromatic N) is 1. The molecule has 2 saturated heterocycles. The monoisotopic (exact) mass is 264 g/mol. The molecule has 2 fully saturated rings. The molecule has 1 unspecified atom stereocenters. The molecular formula is C11H21ClN2OS. The van der Waals surface area contributed by atoms with Crippen molar-refractivity contribution in [2.75, 3.05) is 31.6 Å². The molecule has 5 heteroatoms. The summed E-state index contributed by atoms with van der Waals surface area (Å²) in [6, 6.07) is 0.490. The van der Waals surface area contributed by atoms with Gasteiger partial charge in [0.15, 0.2) is 0 Å². The van der Waals surface area contributed by atoms with E-state index >= 15 is 0 Å². The van der Waals surface area contributed by atoms with E-state index in [1.165, 1.54) is 12.2 Å². The number of hydrogen-bond donors (Lipinski definition) is 1. The molecule has 3 nitrogen and oxygen atoms in total. The predicted molar refractivity (Wildman–Crippen MR) is 71.3 cm³/mol. The van der Waals surface area contributed by atoms with Crippen LogP contribution in [0.5, 0.6) is 0 Å². The predicted octanol–water partition coefficient (Wildman–Crippen LogP) is 1.37. The summed E-state index contributed by atoms with van der Waals surface area (Å²) in [6.07, 6.45) is 3.38. The van der Waals surface area contributed by atoms with Gasteiger partial charge in [0.2, 0.25) is 5.91 Å². The molecule has 0 aromatic heterocycles. The number of halogens is 1. The lowest BCUT2D eigenvalue weighted by Gasteiger charge is -2.30. The van der Waals surface area contributed by atoms with Gasteiger partial charge in [0.1, 0.15) is 0 Å². The summed E-state index contributed by atoms with van der Waals surface area (Å²) in [6.45, 7) is 1.95. The standard InChI is InChI=1S/C11H20N2OS.ClH/c1-13(10-4-6-15-8-10)11(14)9-3-2-5-12-7-9;/h9-10,12H,2-8H2,1H3;1H/t9-,10?;/m1./s1. The quantitative estimate of drug-likeness (QED) is 0.818. The van der Waals surface area contributed by atoms with E-state index in [0.717, 1.165) is 31.7 Å². The van der Waals surface area contributed by atoms with E-state index in [1.807, 2.05) is 23.7 Å². The Morgan fingerprint density at radius 1 is 1.44 bits per heavy atom. The highest BCUT2D eigenvalue weighted by atomic mass is 35.5. The lowest BCUT2D eigenvalue weighted by molar-refractivity contribution is -0.136. The fourth-order valence-corrected chi connectivity index (χ4v) is 3.63. The smallest absolute Gasteiger partial charge is 0.226 e. The van der Waals surface area contributed by atoms with Crippen LogP contribution in [0, 0.1) is 5.92 Å². The van der Waals surface area contributed by atoms with Crippen molar-refractivity contribution < 1.29 is 4.79 Å². The number of piperidine rings is 1. The minimum absolute atomic E-state index is 0. The van der Waals surface area contributed by atoms with E-state index in [4.69, 9.17) is 0 Å². The van der Waals surface area contributed by atoms with Gasteiger partial charge in [0.25, 0.3) is 0 Å². The first-order valence-electron chi connectivity index (χ1n) is 5.84. The summed E-state index contributed by atoms with van der Waals surface area (Å²) >= 11 is 1.97. The van der Waals surface area contributed by atoms with Crippen LogP contribution in [0.1, 0.15) is 19.3 Å². The van der Waals surface area contributed by atoms with E-state index in [9.17, 15) is 4.79 Å². The van der Waals surface area contributed by atoms with Crippen molar-refractivity contribution in [2.24, 2.45) is 5.92 Å². The third-order valence-electron chi connectivity index (χ3n) is 3.45. The molecule has 1 amide bonds. The maximum Gasteiger partial charge on any atom is 0.226 e. The fraction of sp³-hybridized carbons (Fsp3) is 0.909. The van der Waals surface area contributed by atoms with Crippen LogP contribution in [0.25, 0.3) is 0 Å². The molecule has 0 aromatic rings. The van der Waals surface area contributed by atoms with Gasteiger partial charge >= 0.3 is 0 Å². The number of rotatable bonds is 2. The summed E-state index contributed by atoms with van der Waals surface area (Å²) in [5.74, 6) is 2.93. The van der Waals surface area contributed by atoms with Gasteiger partial charge in [-0.15, -0.1) is 12.4 Å². The Labute approximate surface area is 108 Å². The largest absolute Gasteiger partial charge is 0.342 e. The highest BCUT2D eigenvalue weighted by molar-refractivity contribution is 7.99. The first-order chi connectivity index (χ1) is 7.29. The molecule has 0 spiro atoms. The second kappa shape index (κ2) is 6.72. The zero-order valence-electron chi connectivity index (χ0n) is 9.78. The van der Waals surface area contributed by atoms with Crippen LogP contribution < -0.4 is 5.32 Å². The van der Waals surface area contributed by atoms with E-state index in [2.05, 4.69) is 5.32 Å². The Kier molecular flexibility index (Phi) is 5.94. The van der Waals surface area contributed by atoms with Gasteiger partial charge in [-0.2, -0.15) is 11.8 Å². The van der Waals surface area contributed by atoms with E-state index in [-0.39, 0.29) is 18.3 Å². The van der Waals surface area contributed by atoms with Gasteiger partial charge in [-0.1, -0.05) is 0 Å². The lowest BCUT2D eigenvalue weighted by atomic mass is 9.97. The molecule has 2 atom stereocenters. The molecule has 0 saturated carbocycles. The zero-order valence-corrected chi connectivity index (χ0v) is 11.4. The molecule has 16 heavy (non-hydrogen) atoms. The number of thioether (sulfide) groups is 1. The molecule has 2 aliphatic heterocycles. The van der Waals surface area contributed by atoms with Crippen LogP contribution >= 0.6 is 24.2 Å². The average Bonchev–Trinajstić information content (AvgIpc) is 2.82. The van der Waals surface area contributed by atoms with Crippen molar-refractivity contribution in [1.82, 2.24) is 10.2 Å². The van der Waals surface area contributed by atoms with Gasteiger partial charge in [-0.05, 0) is 31.6 Å². The van der Waals surface area contributed by atoms with Crippen molar-refractivity contribution >= 4 is 30.1 Å². The van der Waals surface area contributed by atoms with Crippen LogP contribution in [-0.2, 0) is 4.79 Å². The minimum Gasteiger partial charge on any atom is -0.342 e. The van der Waals surface area contributed by atoms with Crippen molar-refractivity contribution in [2.45, 2.75) is 25.3 Å². The van der Waals surface area contributed by atoms with Gasteiger partial charge in [-0.3, -0.25) is 4.79 Å². The van der Waals surface area contributed by atoms with Gasteiger partial charge in [0, 0.05) is 25.4 Å². The van der Waals surface area contributed by atoms with Crippen molar-refractivity contribution in [1.29, 1.82) is 0 Å². The van der Waals surface area contributed by atoms with Crippen molar-refractivity contribution in [3.63, 3.8) is 0 Å². The molecule has 0 radical (unpaired) electrons. The Morgan fingerprint density at radius 2 is 2.25 bits per heavy atom. The second-order valence-corrected chi connectivity index (χ2v) is 5.66. The molecule has 94 valence electrons. The molecule has 2 aliphatic rings. The van der Waals surface area contributed by atoms with Crippen molar-refractivity contribution in [3.8, 4) is 0 Å². The van der Waals surface area contributed by atoms with Crippen molar-refractivity contribution in [3.05, 3.63) is 0 Å². The van der Waals surface area contributed by atoms with E-state index in [0.29, 0.717) is 11.9 Å². The molecule has 2 heterocycles. The number of nitrogens with one attached hydrogen (secondary N) is 1. The molecule has 1 N–H and O–H groups in total. The number of hydrogen-bond acceptors (Lipinski definition) is 3. The van der Waals surface area contributed by atoms with Gasteiger partial charge in [-0.25, -0.2) is 0 Å².